The van der Waals surface area contributed by atoms with Crippen LogP contribution in [0.5, 0.6) is 11.5 Å². The van der Waals surface area contributed by atoms with Crippen LogP contribution in [0.4, 0.5) is 11.4 Å². The molecule has 0 fully saturated rings. The summed E-state index contributed by atoms with van der Waals surface area (Å²) in [4.78, 5) is 9.60. The minimum Gasteiger partial charge on any atom is -0.496 e. The Hall–Kier alpha value is -6.18. The maximum absolute atomic E-state index is 5.91. The Morgan fingerprint density at radius 3 is 1.21 bits per heavy atom. The highest BCUT2D eigenvalue weighted by atomic mass is 16.5. The molecule has 0 unspecified atom stereocenters. The standard InChI is InChI=1S/C44H36N2O2/c1-31-15-11-13-21-41(31)45-29-39(33-17-7-5-8-18-33)37-27-35(23-25-43(37)47-3)36-24-26-44(48-4)38(28-36)40(34-19-9-6-10-20-34)30-46-42-22-14-12-16-32(42)2/h5-28H,1-4H3. The summed E-state index contributed by atoms with van der Waals surface area (Å²) in [5.74, 6) is 8.23. The van der Waals surface area contributed by atoms with E-state index in [2.05, 4.69) is 86.3 Å². The van der Waals surface area contributed by atoms with Gasteiger partial charge in [-0.15, -0.1) is 0 Å². The summed E-state index contributed by atoms with van der Waals surface area (Å²) in [5.41, 5.74) is 11.3. The lowest BCUT2D eigenvalue weighted by Crippen LogP contribution is -1.97. The molecule has 6 rings (SSSR count). The van der Waals surface area contributed by atoms with Crippen LogP contribution >= 0.6 is 0 Å². The van der Waals surface area contributed by atoms with Crippen molar-refractivity contribution in [2.24, 2.45) is 9.98 Å². The zero-order chi connectivity index (χ0) is 33.3. The molecule has 48 heavy (non-hydrogen) atoms. The van der Waals surface area contributed by atoms with Gasteiger partial charge in [-0.2, -0.15) is 0 Å². The molecule has 4 heteroatoms. The second-order valence-corrected chi connectivity index (χ2v) is 11.3. The molecule has 0 aliphatic rings. The number of aryl methyl sites for hydroxylation is 2. The van der Waals surface area contributed by atoms with Crippen molar-refractivity contribution >= 4 is 34.3 Å². The van der Waals surface area contributed by atoms with Crippen LogP contribution in [0, 0.1) is 13.8 Å². The van der Waals surface area contributed by atoms with Gasteiger partial charge in [-0.1, -0.05) is 109 Å². The topological polar surface area (TPSA) is 43.2 Å². The first kappa shape index (κ1) is 31.8. The minimum absolute atomic E-state index is 0.731. The zero-order valence-electron chi connectivity index (χ0n) is 27.6. The highest BCUT2D eigenvalue weighted by molar-refractivity contribution is 6.03. The third-order valence-electron chi connectivity index (χ3n) is 8.20. The number of para-hydroxylation sites is 2. The minimum atomic E-state index is 0.731. The Labute approximate surface area is 282 Å². The van der Waals surface area contributed by atoms with Crippen LogP contribution in [0.2, 0.25) is 0 Å². The van der Waals surface area contributed by atoms with E-state index in [-0.39, 0.29) is 0 Å². The van der Waals surface area contributed by atoms with Crippen molar-refractivity contribution in [3.05, 3.63) is 179 Å². The highest BCUT2D eigenvalue weighted by Gasteiger charge is 2.17. The number of ether oxygens (including phenoxy) is 2. The first-order valence-corrected chi connectivity index (χ1v) is 15.8. The molecule has 4 nitrogen and oxygen atoms in total. The molecular formula is C44H36N2O2. The van der Waals surface area contributed by atoms with Gasteiger partial charge in [-0.25, -0.2) is 9.98 Å². The SMILES string of the molecule is COc1ccc(-c2ccc(OC)c(C(=C=Nc3ccccc3C)c3ccccc3)c2)cc1C(=C=Nc1ccccc1C)c1ccccc1. The molecule has 234 valence electrons. The van der Waals surface area contributed by atoms with Gasteiger partial charge in [0.1, 0.15) is 11.5 Å². The van der Waals surface area contributed by atoms with Crippen molar-refractivity contribution in [1.29, 1.82) is 0 Å². The fourth-order valence-corrected chi connectivity index (χ4v) is 5.55. The second kappa shape index (κ2) is 14.9. The molecule has 6 aromatic rings. The number of methoxy groups -OCH3 is 2. The largest absolute Gasteiger partial charge is 0.496 e. The van der Waals surface area contributed by atoms with Gasteiger partial charge in [0.05, 0.1) is 36.7 Å². The first-order valence-electron chi connectivity index (χ1n) is 15.8. The van der Waals surface area contributed by atoms with Gasteiger partial charge in [-0.3, -0.25) is 0 Å². The number of hydrogen-bond acceptors (Lipinski definition) is 4. The Bertz CT molecular complexity index is 2030. The van der Waals surface area contributed by atoms with E-state index in [1.807, 2.05) is 84.9 Å². The van der Waals surface area contributed by atoms with Crippen LogP contribution in [-0.2, 0) is 0 Å². The summed E-state index contributed by atoms with van der Waals surface area (Å²) in [7, 11) is 3.38. The third kappa shape index (κ3) is 7.12. The third-order valence-corrected chi connectivity index (χ3v) is 8.20. The molecule has 0 saturated carbocycles. The predicted octanol–water partition coefficient (Wildman–Crippen LogP) is 10.9. The summed E-state index contributed by atoms with van der Waals surface area (Å²) in [5, 5.41) is 0. The van der Waals surface area contributed by atoms with Gasteiger partial charge in [0.15, 0.2) is 0 Å². The maximum Gasteiger partial charge on any atom is 0.127 e. The highest BCUT2D eigenvalue weighted by Crippen LogP contribution is 2.37. The van der Waals surface area contributed by atoms with Crippen molar-refractivity contribution in [2.75, 3.05) is 14.2 Å². The van der Waals surface area contributed by atoms with E-state index in [1.54, 1.807) is 14.2 Å². The second-order valence-electron chi connectivity index (χ2n) is 11.3. The Morgan fingerprint density at radius 1 is 0.458 bits per heavy atom. The van der Waals surface area contributed by atoms with Crippen molar-refractivity contribution in [3.8, 4) is 22.6 Å². The molecule has 0 amide bonds. The fraction of sp³-hybridized carbons (Fsp3) is 0.0909. The van der Waals surface area contributed by atoms with Crippen LogP contribution in [0.1, 0.15) is 33.4 Å². The molecule has 0 saturated heterocycles. The van der Waals surface area contributed by atoms with E-state index in [0.29, 0.717) is 0 Å². The van der Waals surface area contributed by atoms with E-state index in [4.69, 9.17) is 19.5 Å². The van der Waals surface area contributed by atoms with Crippen LogP contribution in [0.15, 0.2) is 156 Å². The number of nitrogens with zero attached hydrogens (tertiary/aromatic N) is 2. The zero-order valence-corrected chi connectivity index (χ0v) is 27.6. The maximum atomic E-state index is 5.91. The van der Waals surface area contributed by atoms with Crippen molar-refractivity contribution in [3.63, 3.8) is 0 Å². The van der Waals surface area contributed by atoms with E-state index in [9.17, 15) is 0 Å². The number of benzene rings is 6. The number of aliphatic imine (C=N–C) groups is 2. The predicted molar refractivity (Wildman–Crippen MR) is 199 cm³/mol. The van der Waals surface area contributed by atoms with Gasteiger partial charge < -0.3 is 9.47 Å². The Morgan fingerprint density at radius 2 is 0.833 bits per heavy atom. The summed E-state index contributed by atoms with van der Waals surface area (Å²) < 4.78 is 11.8. The fourth-order valence-electron chi connectivity index (χ4n) is 5.55. The van der Waals surface area contributed by atoms with Crippen LogP contribution in [0.25, 0.3) is 22.3 Å². The Balaban J connectivity index is 1.54. The Kier molecular flexibility index (Phi) is 9.89. The average Bonchev–Trinajstić information content (AvgIpc) is 3.14. The summed E-state index contributed by atoms with van der Waals surface area (Å²) >= 11 is 0. The van der Waals surface area contributed by atoms with E-state index < -0.39 is 0 Å². The van der Waals surface area contributed by atoms with Crippen molar-refractivity contribution < 1.29 is 9.47 Å². The lowest BCUT2D eigenvalue weighted by Gasteiger charge is -2.15. The molecule has 0 radical (unpaired) electrons. The van der Waals surface area contributed by atoms with Gasteiger partial charge in [0, 0.05) is 11.1 Å². The molecule has 0 aliphatic carbocycles. The molecule has 0 aliphatic heterocycles. The van der Waals surface area contributed by atoms with Crippen LogP contribution < -0.4 is 9.47 Å². The normalized spacial score (nSPS) is 10.3. The van der Waals surface area contributed by atoms with Gasteiger partial charge in [0.25, 0.3) is 0 Å². The average molecular weight is 625 g/mol. The summed E-state index contributed by atoms with van der Waals surface area (Å²) in [6.07, 6.45) is 0. The molecule has 0 aromatic heterocycles. The molecule has 0 bridgehead atoms. The van der Waals surface area contributed by atoms with Crippen LogP contribution in [0.3, 0.4) is 0 Å². The van der Waals surface area contributed by atoms with E-state index >= 15 is 0 Å². The lowest BCUT2D eigenvalue weighted by molar-refractivity contribution is 0.413. The molecule has 0 atom stereocenters. The number of hydrogen-bond donors (Lipinski definition) is 0. The molecule has 0 N–H and O–H groups in total. The molecule has 0 spiro atoms. The van der Waals surface area contributed by atoms with E-state index in [0.717, 1.165) is 78.5 Å². The van der Waals surface area contributed by atoms with Gasteiger partial charge in [-0.05, 0) is 95.4 Å². The molecule has 0 heterocycles. The first-order chi connectivity index (χ1) is 23.6. The quantitative estimate of drug-likeness (QED) is 0.150. The lowest BCUT2D eigenvalue weighted by atomic mass is 9.92. The summed E-state index contributed by atoms with van der Waals surface area (Å²) in [6, 6.07) is 48.9. The molecule has 6 aromatic carbocycles. The monoisotopic (exact) mass is 624 g/mol. The van der Waals surface area contributed by atoms with Gasteiger partial charge in [0.2, 0.25) is 0 Å². The van der Waals surface area contributed by atoms with Crippen molar-refractivity contribution in [2.45, 2.75) is 13.8 Å². The summed E-state index contributed by atoms with van der Waals surface area (Å²) in [6.45, 7) is 4.10. The van der Waals surface area contributed by atoms with Crippen LogP contribution in [-0.4, -0.2) is 26.0 Å². The molecular weight excluding hydrogens is 588 g/mol. The van der Waals surface area contributed by atoms with Gasteiger partial charge >= 0.3 is 0 Å². The van der Waals surface area contributed by atoms with E-state index in [1.165, 1.54) is 0 Å². The smallest absolute Gasteiger partial charge is 0.127 e. The van der Waals surface area contributed by atoms with Crippen molar-refractivity contribution in [1.82, 2.24) is 0 Å². The number of rotatable bonds is 9.